The molecule has 1 heterocycles. The van der Waals surface area contributed by atoms with E-state index in [2.05, 4.69) is 15.5 Å². The molecule has 154 valence electrons. The highest BCUT2D eigenvalue weighted by atomic mass is 16.5. The molecule has 1 aliphatic heterocycles. The summed E-state index contributed by atoms with van der Waals surface area (Å²) in [6, 6.07) is 6.83. The molecule has 2 rings (SSSR count). The molecule has 1 saturated heterocycles. The summed E-state index contributed by atoms with van der Waals surface area (Å²) in [4.78, 5) is 26.6. The predicted molar refractivity (Wildman–Crippen MR) is 112 cm³/mol. The summed E-state index contributed by atoms with van der Waals surface area (Å²) in [5.41, 5.74) is 0.890. The standard InChI is InChI=1S/C22H33N3O3/c1-18(22(27)23-14-7-17-25-15-5-3-4-6-16-25)24-21(26)13-10-19-8-11-20(28-2)12-9-19/h8-13,18H,3-7,14-17H2,1-2H3,(H,23,27)(H,24,26)/b13-10+. The summed E-state index contributed by atoms with van der Waals surface area (Å²) in [6.07, 6.45) is 9.29. The van der Waals surface area contributed by atoms with Gasteiger partial charge in [0.15, 0.2) is 0 Å². The molecule has 6 nitrogen and oxygen atoms in total. The number of hydrogen-bond donors (Lipinski definition) is 2. The Bertz CT molecular complexity index is 635. The van der Waals surface area contributed by atoms with Crippen LogP contribution >= 0.6 is 0 Å². The third-order valence-corrected chi connectivity index (χ3v) is 4.94. The Balaban J connectivity index is 1.64. The maximum Gasteiger partial charge on any atom is 0.244 e. The highest BCUT2D eigenvalue weighted by molar-refractivity contribution is 5.95. The van der Waals surface area contributed by atoms with Gasteiger partial charge in [0.25, 0.3) is 0 Å². The van der Waals surface area contributed by atoms with Crippen LogP contribution in [0.5, 0.6) is 5.75 Å². The number of likely N-dealkylation sites (tertiary alicyclic amines) is 1. The minimum absolute atomic E-state index is 0.151. The Morgan fingerprint density at radius 2 is 1.82 bits per heavy atom. The third-order valence-electron chi connectivity index (χ3n) is 4.94. The first-order chi connectivity index (χ1) is 13.6. The van der Waals surface area contributed by atoms with Crippen molar-refractivity contribution in [3.8, 4) is 5.75 Å². The fraction of sp³-hybridized carbons (Fsp3) is 0.545. The number of nitrogens with one attached hydrogen (secondary N) is 2. The predicted octanol–water partition coefficient (Wildman–Crippen LogP) is 2.60. The van der Waals surface area contributed by atoms with Crippen molar-refractivity contribution in [2.75, 3.05) is 33.3 Å². The number of rotatable bonds is 9. The van der Waals surface area contributed by atoms with Gasteiger partial charge in [-0.2, -0.15) is 0 Å². The maximum atomic E-state index is 12.2. The van der Waals surface area contributed by atoms with E-state index < -0.39 is 6.04 Å². The number of carbonyl (C=O) groups excluding carboxylic acids is 2. The molecule has 0 spiro atoms. The van der Waals surface area contributed by atoms with Gasteiger partial charge in [-0.25, -0.2) is 0 Å². The zero-order valence-electron chi connectivity index (χ0n) is 17.1. The van der Waals surface area contributed by atoms with E-state index in [4.69, 9.17) is 4.74 Å². The number of benzene rings is 1. The van der Waals surface area contributed by atoms with Crippen LogP contribution in [0.15, 0.2) is 30.3 Å². The molecule has 0 saturated carbocycles. The van der Waals surface area contributed by atoms with Gasteiger partial charge >= 0.3 is 0 Å². The quantitative estimate of drug-likeness (QED) is 0.505. The highest BCUT2D eigenvalue weighted by Gasteiger charge is 2.14. The molecule has 0 radical (unpaired) electrons. The van der Waals surface area contributed by atoms with Crippen LogP contribution in [0.25, 0.3) is 6.08 Å². The monoisotopic (exact) mass is 387 g/mol. The fourth-order valence-electron chi connectivity index (χ4n) is 3.24. The van der Waals surface area contributed by atoms with Crippen LogP contribution in [-0.4, -0.2) is 56.0 Å². The third kappa shape index (κ3) is 8.13. The number of carbonyl (C=O) groups is 2. The molecule has 6 heteroatoms. The first kappa shape index (κ1) is 22.0. The van der Waals surface area contributed by atoms with Gasteiger partial charge in [0.1, 0.15) is 11.8 Å². The zero-order chi connectivity index (χ0) is 20.2. The molecule has 0 bridgehead atoms. The average molecular weight is 388 g/mol. The van der Waals surface area contributed by atoms with Crippen LogP contribution < -0.4 is 15.4 Å². The van der Waals surface area contributed by atoms with Crippen molar-refractivity contribution in [1.29, 1.82) is 0 Å². The summed E-state index contributed by atoms with van der Waals surface area (Å²) < 4.78 is 5.10. The van der Waals surface area contributed by atoms with Crippen LogP contribution in [-0.2, 0) is 9.59 Å². The number of amides is 2. The Morgan fingerprint density at radius 1 is 1.14 bits per heavy atom. The lowest BCUT2D eigenvalue weighted by molar-refractivity contribution is -0.126. The van der Waals surface area contributed by atoms with Gasteiger partial charge in [-0.1, -0.05) is 25.0 Å². The largest absolute Gasteiger partial charge is 0.497 e. The first-order valence-corrected chi connectivity index (χ1v) is 10.2. The van der Waals surface area contributed by atoms with E-state index in [-0.39, 0.29) is 11.8 Å². The molecule has 2 N–H and O–H groups in total. The fourth-order valence-corrected chi connectivity index (χ4v) is 3.24. The second kappa shape index (κ2) is 12.2. The molecule has 1 fully saturated rings. The van der Waals surface area contributed by atoms with Gasteiger partial charge in [-0.3, -0.25) is 9.59 Å². The summed E-state index contributed by atoms with van der Waals surface area (Å²) in [6.45, 7) is 5.69. The van der Waals surface area contributed by atoms with Crippen LogP contribution in [0.3, 0.4) is 0 Å². The van der Waals surface area contributed by atoms with E-state index in [1.165, 1.54) is 44.8 Å². The normalized spacial score (nSPS) is 16.4. The molecule has 1 aromatic rings. The molecule has 0 aliphatic carbocycles. The van der Waals surface area contributed by atoms with Gasteiger partial charge in [0.2, 0.25) is 11.8 Å². The van der Waals surface area contributed by atoms with Crippen molar-refractivity contribution in [1.82, 2.24) is 15.5 Å². The van der Waals surface area contributed by atoms with E-state index in [9.17, 15) is 9.59 Å². The molecule has 1 aromatic carbocycles. The Labute approximate surface area is 168 Å². The van der Waals surface area contributed by atoms with Crippen LogP contribution in [0.2, 0.25) is 0 Å². The molecule has 1 aliphatic rings. The summed E-state index contributed by atoms with van der Waals surface area (Å²) >= 11 is 0. The van der Waals surface area contributed by atoms with Gasteiger partial charge in [-0.15, -0.1) is 0 Å². The van der Waals surface area contributed by atoms with E-state index in [0.717, 1.165) is 24.3 Å². The molecule has 28 heavy (non-hydrogen) atoms. The number of hydrogen-bond acceptors (Lipinski definition) is 4. The van der Waals surface area contributed by atoms with Crippen molar-refractivity contribution >= 4 is 17.9 Å². The van der Waals surface area contributed by atoms with Gasteiger partial charge in [0, 0.05) is 12.6 Å². The van der Waals surface area contributed by atoms with E-state index in [0.29, 0.717) is 6.54 Å². The minimum Gasteiger partial charge on any atom is -0.497 e. The molecular formula is C22H33N3O3. The van der Waals surface area contributed by atoms with E-state index >= 15 is 0 Å². The zero-order valence-corrected chi connectivity index (χ0v) is 17.1. The van der Waals surface area contributed by atoms with Crippen LogP contribution in [0.1, 0.15) is 44.6 Å². The second-order valence-electron chi connectivity index (χ2n) is 7.24. The molecule has 1 unspecified atom stereocenters. The van der Waals surface area contributed by atoms with Crippen molar-refractivity contribution < 1.29 is 14.3 Å². The van der Waals surface area contributed by atoms with Crippen molar-refractivity contribution in [3.05, 3.63) is 35.9 Å². The smallest absolute Gasteiger partial charge is 0.244 e. The lowest BCUT2D eigenvalue weighted by Gasteiger charge is -2.20. The topological polar surface area (TPSA) is 70.7 Å². The maximum absolute atomic E-state index is 12.2. The molecule has 2 amide bonds. The Kier molecular flexibility index (Phi) is 9.55. The Morgan fingerprint density at radius 3 is 2.46 bits per heavy atom. The lowest BCUT2D eigenvalue weighted by Crippen LogP contribution is -2.44. The Hall–Kier alpha value is -2.34. The first-order valence-electron chi connectivity index (χ1n) is 10.2. The molecule has 1 atom stereocenters. The summed E-state index contributed by atoms with van der Waals surface area (Å²) in [5, 5.41) is 5.61. The van der Waals surface area contributed by atoms with E-state index in [1.54, 1.807) is 20.1 Å². The van der Waals surface area contributed by atoms with Gasteiger partial charge in [0.05, 0.1) is 7.11 Å². The van der Waals surface area contributed by atoms with Gasteiger partial charge in [-0.05, 0) is 69.6 Å². The molecule has 0 aromatic heterocycles. The SMILES string of the molecule is COc1ccc(/C=C/C(=O)NC(C)C(=O)NCCCN2CCCCCC2)cc1. The number of methoxy groups -OCH3 is 1. The highest BCUT2D eigenvalue weighted by Crippen LogP contribution is 2.12. The second-order valence-corrected chi connectivity index (χ2v) is 7.24. The number of ether oxygens (including phenoxy) is 1. The minimum atomic E-state index is -0.564. The van der Waals surface area contributed by atoms with Crippen LogP contribution in [0.4, 0.5) is 0 Å². The van der Waals surface area contributed by atoms with Gasteiger partial charge < -0.3 is 20.3 Å². The van der Waals surface area contributed by atoms with E-state index in [1.807, 2.05) is 24.3 Å². The van der Waals surface area contributed by atoms with Crippen molar-refractivity contribution in [3.63, 3.8) is 0 Å². The van der Waals surface area contributed by atoms with Crippen LogP contribution in [0, 0.1) is 0 Å². The average Bonchev–Trinajstić information content (AvgIpc) is 2.98. The molecular weight excluding hydrogens is 354 g/mol. The number of nitrogens with zero attached hydrogens (tertiary/aromatic N) is 1. The lowest BCUT2D eigenvalue weighted by atomic mass is 10.2. The van der Waals surface area contributed by atoms with Crippen molar-refractivity contribution in [2.24, 2.45) is 0 Å². The summed E-state index contributed by atoms with van der Waals surface area (Å²) in [5.74, 6) is 0.327. The summed E-state index contributed by atoms with van der Waals surface area (Å²) in [7, 11) is 1.61. The van der Waals surface area contributed by atoms with Crippen molar-refractivity contribution in [2.45, 2.75) is 45.1 Å².